The maximum absolute atomic E-state index is 10.8. The quantitative estimate of drug-likeness (QED) is 0.619. The second-order valence-corrected chi connectivity index (χ2v) is 5.65. The largest absolute Gasteiger partial charge is 0.299 e. The zero-order chi connectivity index (χ0) is 13.8. The molecule has 1 aliphatic rings. The maximum atomic E-state index is 10.8. The lowest BCUT2D eigenvalue weighted by Crippen LogP contribution is -2.32. The van der Waals surface area contributed by atoms with E-state index in [1.165, 1.54) is 38.2 Å². The summed E-state index contributed by atoms with van der Waals surface area (Å²) in [4.78, 5) is 12.7. The third kappa shape index (κ3) is 3.67. The van der Waals surface area contributed by atoms with Crippen molar-refractivity contribution in [3.05, 3.63) is 38.9 Å². The van der Waals surface area contributed by atoms with Gasteiger partial charge in [-0.05, 0) is 31.5 Å². The van der Waals surface area contributed by atoms with E-state index in [1.807, 2.05) is 0 Å². The van der Waals surface area contributed by atoms with Crippen molar-refractivity contribution in [3.8, 4) is 0 Å². The lowest BCUT2D eigenvalue weighted by atomic mass is 9.94. The molecule has 1 saturated carbocycles. The van der Waals surface area contributed by atoms with Crippen LogP contribution in [0, 0.1) is 10.1 Å². The van der Waals surface area contributed by atoms with Crippen molar-refractivity contribution in [1.82, 2.24) is 4.90 Å². The van der Waals surface area contributed by atoms with Crippen LogP contribution in [-0.4, -0.2) is 22.9 Å². The fourth-order valence-corrected chi connectivity index (χ4v) is 2.89. The van der Waals surface area contributed by atoms with Gasteiger partial charge in [0.15, 0.2) is 0 Å². The monoisotopic (exact) mass is 282 g/mol. The normalized spacial score (nSPS) is 16.8. The Morgan fingerprint density at radius 2 is 2.05 bits per heavy atom. The minimum Gasteiger partial charge on any atom is -0.299 e. The molecule has 1 aliphatic carbocycles. The second-order valence-electron chi connectivity index (χ2n) is 5.24. The first-order valence-electron chi connectivity index (χ1n) is 6.71. The predicted molar refractivity (Wildman–Crippen MR) is 76.4 cm³/mol. The van der Waals surface area contributed by atoms with Gasteiger partial charge >= 0.3 is 0 Å². The summed E-state index contributed by atoms with van der Waals surface area (Å²) in [5, 5.41) is 11.4. The summed E-state index contributed by atoms with van der Waals surface area (Å²) in [5.74, 6) is 0. The summed E-state index contributed by atoms with van der Waals surface area (Å²) in [6, 6.07) is 5.22. The number of nitro benzene ring substituents is 1. The molecule has 0 aromatic heterocycles. The maximum Gasteiger partial charge on any atom is 0.269 e. The average molecular weight is 283 g/mol. The number of nitrogens with zero attached hydrogens (tertiary/aromatic N) is 2. The molecular weight excluding hydrogens is 264 g/mol. The van der Waals surface area contributed by atoms with Crippen LogP contribution in [0.4, 0.5) is 5.69 Å². The lowest BCUT2D eigenvalue weighted by Gasteiger charge is -2.31. The molecule has 0 heterocycles. The van der Waals surface area contributed by atoms with Gasteiger partial charge in [0.2, 0.25) is 0 Å². The van der Waals surface area contributed by atoms with Gasteiger partial charge in [0.25, 0.3) is 5.69 Å². The molecule has 0 radical (unpaired) electrons. The molecule has 0 unspecified atom stereocenters. The number of non-ortho nitro benzene ring substituents is 1. The zero-order valence-corrected chi connectivity index (χ0v) is 11.9. The van der Waals surface area contributed by atoms with E-state index in [2.05, 4.69) is 11.9 Å². The molecule has 2 rings (SSSR count). The molecule has 0 saturated heterocycles. The first kappa shape index (κ1) is 14.3. The van der Waals surface area contributed by atoms with Gasteiger partial charge in [0, 0.05) is 29.7 Å². The second kappa shape index (κ2) is 6.35. The minimum atomic E-state index is -0.375. The van der Waals surface area contributed by atoms with Crippen LogP contribution in [0.5, 0.6) is 0 Å². The summed E-state index contributed by atoms with van der Waals surface area (Å²) in [5.41, 5.74) is 0.945. The summed E-state index contributed by atoms with van der Waals surface area (Å²) >= 11 is 6.13. The Hall–Kier alpha value is -1.13. The molecule has 1 aromatic carbocycles. The van der Waals surface area contributed by atoms with Gasteiger partial charge in [-0.25, -0.2) is 0 Å². The van der Waals surface area contributed by atoms with Crippen molar-refractivity contribution in [1.29, 1.82) is 0 Å². The molecule has 0 aliphatic heterocycles. The molecule has 104 valence electrons. The fraction of sp³-hybridized carbons (Fsp3) is 0.571. The van der Waals surface area contributed by atoms with Crippen molar-refractivity contribution < 1.29 is 4.92 Å². The summed E-state index contributed by atoms with van der Waals surface area (Å²) < 4.78 is 0. The van der Waals surface area contributed by atoms with Crippen LogP contribution in [-0.2, 0) is 6.54 Å². The number of hydrogen-bond acceptors (Lipinski definition) is 3. The first-order chi connectivity index (χ1) is 9.08. The molecule has 0 atom stereocenters. The molecule has 0 amide bonds. The third-order valence-electron chi connectivity index (χ3n) is 3.86. The number of rotatable bonds is 4. The predicted octanol–water partition coefficient (Wildman–Crippen LogP) is 4.01. The number of hydrogen-bond donors (Lipinski definition) is 0. The molecule has 1 aromatic rings. The number of halogens is 1. The van der Waals surface area contributed by atoms with Crippen LogP contribution in [0.15, 0.2) is 18.2 Å². The van der Waals surface area contributed by atoms with E-state index in [0.717, 1.165) is 5.56 Å². The van der Waals surface area contributed by atoms with Crippen LogP contribution >= 0.6 is 11.6 Å². The van der Waals surface area contributed by atoms with Crippen LogP contribution in [0.25, 0.3) is 0 Å². The topological polar surface area (TPSA) is 46.4 Å². The fourth-order valence-electron chi connectivity index (χ4n) is 2.72. The Morgan fingerprint density at radius 3 is 2.68 bits per heavy atom. The summed E-state index contributed by atoms with van der Waals surface area (Å²) in [6.45, 7) is 0.672. The minimum absolute atomic E-state index is 0.108. The standard InChI is InChI=1S/C14H19ClN2O2/c1-16(12-5-3-2-4-6-12)10-11-9-13(17(18)19)7-8-14(11)15/h7-9,12H,2-6,10H2,1H3. The highest BCUT2D eigenvalue weighted by molar-refractivity contribution is 6.31. The number of benzene rings is 1. The highest BCUT2D eigenvalue weighted by Crippen LogP contribution is 2.27. The highest BCUT2D eigenvalue weighted by atomic mass is 35.5. The Balaban J connectivity index is 2.08. The molecule has 5 heteroatoms. The van der Waals surface area contributed by atoms with Gasteiger partial charge in [-0.15, -0.1) is 0 Å². The Morgan fingerprint density at radius 1 is 1.37 bits per heavy atom. The Kier molecular flexibility index (Phi) is 4.77. The van der Waals surface area contributed by atoms with Crippen LogP contribution in [0.1, 0.15) is 37.7 Å². The van der Waals surface area contributed by atoms with Crippen LogP contribution in [0.3, 0.4) is 0 Å². The van der Waals surface area contributed by atoms with Crippen molar-refractivity contribution in [2.45, 2.75) is 44.7 Å². The molecule has 4 nitrogen and oxygen atoms in total. The van der Waals surface area contributed by atoms with Gasteiger partial charge in [-0.3, -0.25) is 15.0 Å². The van der Waals surface area contributed by atoms with Gasteiger partial charge in [0.1, 0.15) is 0 Å². The van der Waals surface area contributed by atoms with Crippen LogP contribution < -0.4 is 0 Å². The molecule has 1 fully saturated rings. The lowest BCUT2D eigenvalue weighted by molar-refractivity contribution is -0.384. The van der Waals surface area contributed by atoms with Crippen molar-refractivity contribution in [2.75, 3.05) is 7.05 Å². The molecular formula is C14H19ClN2O2. The average Bonchev–Trinajstić information content (AvgIpc) is 2.42. The molecule has 0 bridgehead atoms. The van der Waals surface area contributed by atoms with Crippen LogP contribution in [0.2, 0.25) is 5.02 Å². The van der Waals surface area contributed by atoms with Crippen molar-refractivity contribution >= 4 is 17.3 Å². The highest BCUT2D eigenvalue weighted by Gasteiger charge is 2.19. The first-order valence-corrected chi connectivity index (χ1v) is 7.09. The van der Waals surface area contributed by atoms with Gasteiger partial charge in [-0.1, -0.05) is 30.9 Å². The van der Waals surface area contributed by atoms with E-state index in [4.69, 9.17) is 11.6 Å². The van der Waals surface area contributed by atoms with E-state index in [0.29, 0.717) is 17.6 Å². The van der Waals surface area contributed by atoms with Gasteiger partial charge < -0.3 is 0 Å². The number of nitro groups is 1. The zero-order valence-electron chi connectivity index (χ0n) is 11.1. The smallest absolute Gasteiger partial charge is 0.269 e. The SMILES string of the molecule is CN(Cc1cc([N+](=O)[O-])ccc1Cl)C1CCCCC1. The Labute approximate surface area is 118 Å². The van der Waals surface area contributed by atoms with E-state index >= 15 is 0 Å². The van der Waals surface area contributed by atoms with E-state index < -0.39 is 0 Å². The van der Waals surface area contributed by atoms with Gasteiger partial charge in [-0.2, -0.15) is 0 Å². The summed E-state index contributed by atoms with van der Waals surface area (Å²) in [7, 11) is 2.07. The molecule has 0 spiro atoms. The van der Waals surface area contributed by atoms with E-state index in [9.17, 15) is 10.1 Å². The summed E-state index contributed by atoms with van der Waals surface area (Å²) in [6.07, 6.45) is 6.29. The van der Waals surface area contributed by atoms with E-state index in [1.54, 1.807) is 12.1 Å². The molecule has 19 heavy (non-hydrogen) atoms. The van der Waals surface area contributed by atoms with E-state index in [-0.39, 0.29) is 10.6 Å². The van der Waals surface area contributed by atoms with Gasteiger partial charge in [0.05, 0.1) is 4.92 Å². The third-order valence-corrected chi connectivity index (χ3v) is 4.23. The van der Waals surface area contributed by atoms with Crippen molar-refractivity contribution in [3.63, 3.8) is 0 Å². The molecule has 0 N–H and O–H groups in total. The van der Waals surface area contributed by atoms with Crippen molar-refractivity contribution in [2.24, 2.45) is 0 Å². The Bertz CT molecular complexity index is 459.